The summed E-state index contributed by atoms with van der Waals surface area (Å²) >= 11 is 1.12. The van der Waals surface area contributed by atoms with Crippen LogP contribution < -0.4 is 16.0 Å². The minimum Gasteiger partial charge on any atom is -0.386 e. The number of rotatable bonds is 13. The topological polar surface area (TPSA) is 158 Å². The first-order valence-electron chi connectivity index (χ1n) is 11.4. The van der Waals surface area contributed by atoms with Gasteiger partial charge >= 0.3 is 6.18 Å². The third-order valence-corrected chi connectivity index (χ3v) is 5.86. The Balaban J connectivity index is 1.39. The number of anilines is 1. The van der Waals surface area contributed by atoms with Gasteiger partial charge in [-0.05, 0) is 30.7 Å². The summed E-state index contributed by atoms with van der Waals surface area (Å²) in [4.78, 5) is 32.1. The molecule has 3 aromatic rings. The van der Waals surface area contributed by atoms with E-state index >= 15 is 0 Å². The van der Waals surface area contributed by atoms with Gasteiger partial charge in [-0.15, -0.1) is 10.2 Å². The van der Waals surface area contributed by atoms with Crippen LogP contribution in [0.3, 0.4) is 0 Å². The average Bonchev–Trinajstić information content (AvgIpc) is 3.35. The molecule has 0 radical (unpaired) electrons. The van der Waals surface area contributed by atoms with Crippen molar-refractivity contribution in [3.05, 3.63) is 76.6 Å². The molecule has 2 amide bonds. The number of pyridine rings is 2. The van der Waals surface area contributed by atoms with Gasteiger partial charge in [0.1, 0.15) is 11.2 Å². The predicted molar refractivity (Wildman–Crippen MR) is 132 cm³/mol. The second kappa shape index (κ2) is 14.0. The van der Waals surface area contributed by atoms with E-state index < -0.39 is 29.5 Å². The molecule has 3 aromatic heterocycles. The highest BCUT2D eigenvalue weighted by atomic mass is 32.1. The van der Waals surface area contributed by atoms with E-state index in [1.54, 1.807) is 24.4 Å². The van der Waals surface area contributed by atoms with Gasteiger partial charge in [-0.2, -0.15) is 18.3 Å². The molecule has 3 heterocycles. The molecule has 4 N–H and O–H groups in total. The molecule has 1 unspecified atom stereocenters. The number of aryl methyl sites for hydroxylation is 1. The van der Waals surface area contributed by atoms with Gasteiger partial charge in [-0.25, -0.2) is 9.92 Å². The van der Waals surface area contributed by atoms with Crippen molar-refractivity contribution < 1.29 is 27.2 Å². The van der Waals surface area contributed by atoms with E-state index in [9.17, 15) is 27.2 Å². The lowest BCUT2D eigenvalue weighted by molar-refractivity contribution is -0.137. The Morgan fingerprint density at radius 2 is 1.92 bits per heavy atom. The molecule has 0 spiro atoms. The highest BCUT2D eigenvalue weighted by Gasteiger charge is 2.30. The number of alkyl halides is 4. The van der Waals surface area contributed by atoms with Crippen LogP contribution >= 0.6 is 11.3 Å². The summed E-state index contributed by atoms with van der Waals surface area (Å²) in [6.07, 6.45) is -1.91. The maximum atomic E-state index is 14.3. The molecule has 0 saturated carbocycles. The predicted octanol–water partition coefficient (Wildman–Crippen LogP) is 3.58. The van der Waals surface area contributed by atoms with Gasteiger partial charge in [0.2, 0.25) is 11.0 Å². The van der Waals surface area contributed by atoms with Crippen molar-refractivity contribution in [3.63, 3.8) is 0 Å². The highest BCUT2D eigenvalue weighted by molar-refractivity contribution is 7.15. The molecular formula is C23H23F4N9O2S. The Labute approximate surface area is 223 Å². The van der Waals surface area contributed by atoms with Gasteiger partial charge in [0.25, 0.3) is 5.91 Å². The van der Waals surface area contributed by atoms with E-state index in [-0.39, 0.29) is 49.1 Å². The molecule has 0 saturated heterocycles. The Morgan fingerprint density at radius 3 is 2.64 bits per heavy atom. The lowest BCUT2D eigenvalue weighted by Crippen LogP contribution is -2.27. The van der Waals surface area contributed by atoms with Crippen LogP contribution in [0.25, 0.3) is 0 Å². The Hall–Kier alpha value is -4.34. The molecule has 16 heteroatoms. The van der Waals surface area contributed by atoms with E-state index in [2.05, 4.69) is 41.2 Å². The first-order valence-corrected chi connectivity index (χ1v) is 12.2. The van der Waals surface area contributed by atoms with Crippen molar-refractivity contribution in [1.29, 1.82) is 5.53 Å². The van der Waals surface area contributed by atoms with Crippen molar-refractivity contribution in [2.75, 3.05) is 11.9 Å². The number of carbonyl (C=O) groups excluding carboxylic acids is 2. The van der Waals surface area contributed by atoms with Gasteiger partial charge in [0, 0.05) is 37.3 Å². The molecule has 206 valence electrons. The van der Waals surface area contributed by atoms with Gasteiger partial charge in [0.05, 0.1) is 24.2 Å². The number of carbonyl (C=O) groups is 2. The Bertz CT molecular complexity index is 1300. The van der Waals surface area contributed by atoms with E-state index in [0.717, 1.165) is 35.9 Å². The molecule has 11 nitrogen and oxygen atoms in total. The van der Waals surface area contributed by atoms with Gasteiger partial charge in [0.15, 0.2) is 5.70 Å². The zero-order chi connectivity index (χ0) is 28.3. The van der Waals surface area contributed by atoms with Crippen molar-refractivity contribution in [1.82, 2.24) is 30.8 Å². The van der Waals surface area contributed by atoms with Crippen LogP contribution in [-0.4, -0.2) is 44.7 Å². The number of hydrogen-bond donors (Lipinski definition) is 4. The average molecular weight is 566 g/mol. The minimum absolute atomic E-state index is 0.0353. The smallest absolute Gasteiger partial charge is 0.386 e. The fourth-order valence-corrected chi connectivity index (χ4v) is 3.83. The highest BCUT2D eigenvalue weighted by Crippen LogP contribution is 2.29. The Morgan fingerprint density at radius 1 is 1.13 bits per heavy atom. The van der Waals surface area contributed by atoms with Crippen LogP contribution in [0.1, 0.15) is 28.4 Å². The maximum Gasteiger partial charge on any atom is 0.416 e. The molecular weight excluding hydrogens is 542 g/mol. The molecule has 3 rings (SSSR count). The molecule has 0 aromatic carbocycles. The molecule has 0 aliphatic rings. The third kappa shape index (κ3) is 9.81. The number of nitrogens with one attached hydrogen (secondary N) is 4. The number of nitrogens with zero attached hydrogens (tertiary/aromatic N) is 5. The summed E-state index contributed by atoms with van der Waals surface area (Å²) in [5, 5.41) is 19.2. The zero-order valence-electron chi connectivity index (χ0n) is 20.2. The van der Waals surface area contributed by atoms with Crippen LogP contribution in [0.15, 0.2) is 59.7 Å². The molecule has 39 heavy (non-hydrogen) atoms. The number of hydrogen-bond acceptors (Lipinski definition) is 10. The van der Waals surface area contributed by atoms with Gasteiger partial charge < -0.3 is 16.0 Å². The second-order valence-electron chi connectivity index (χ2n) is 7.95. The normalized spacial score (nSPS) is 12.5. The first kappa shape index (κ1) is 29.2. The minimum atomic E-state index is -4.55. The second-order valence-corrected chi connectivity index (χ2v) is 9.01. The van der Waals surface area contributed by atoms with Crippen LogP contribution in [0.5, 0.6) is 0 Å². The summed E-state index contributed by atoms with van der Waals surface area (Å²) in [5.41, 5.74) is 6.39. The monoisotopic (exact) mass is 565 g/mol. The van der Waals surface area contributed by atoms with Crippen molar-refractivity contribution in [2.24, 2.45) is 5.11 Å². The largest absolute Gasteiger partial charge is 0.416 e. The van der Waals surface area contributed by atoms with Crippen molar-refractivity contribution in [3.8, 4) is 0 Å². The summed E-state index contributed by atoms with van der Waals surface area (Å²) in [6, 6.07) is 6.84. The van der Waals surface area contributed by atoms with E-state index in [1.807, 2.05) is 0 Å². The van der Waals surface area contributed by atoms with Crippen molar-refractivity contribution in [2.45, 2.75) is 38.2 Å². The van der Waals surface area contributed by atoms with Crippen LogP contribution in [0, 0.1) is 5.53 Å². The fourth-order valence-electron chi connectivity index (χ4n) is 3.06. The molecule has 0 aliphatic carbocycles. The molecule has 0 fully saturated rings. The standard InChI is InChI=1S/C23H23F4N9O2S/c24-15(4-5-20-35-36-22(39-20)33-19(37)10-16-3-1-2-7-30-16)11-29-13-18(34-28)21(38)32-12-17-9-14(6-8-31-17)23(25,26)27/h1-3,6-9,13,15,28-29H,4-5,10-12H2,(H,32,38)(H,33,36,37)/b18-13-,34-28?. The zero-order valence-corrected chi connectivity index (χ0v) is 21.0. The Kier molecular flexibility index (Phi) is 10.5. The SMILES string of the molecule is N=N/C(=C\NCC(F)CCc1nnc(NC(=O)Cc2ccccn2)s1)C(=O)NCc1cc(C(F)(F)F)ccn1. The van der Waals surface area contributed by atoms with Crippen LogP contribution in [0.2, 0.25) is 0 Å². The molecule has 0 bridgehead atoms. The van der Waals surface area contributed by atoms with Crippen LogP contribution in [0.4, 0.5) is 22.7 Å². The number of halogens is 4. The quantitative estimate of drug-likeness (QED) is 0.140. The van der Waals surface area contributed by atoms with E-state index in [0.29, 0.717) is 10.7 Å². The number of amides is 2. The third-order valence-electron chi connectivity index (χ3n) is 4.96. The van der Waals surface area contributed by atoms with Gasteiger partial charge in [-0.3, -0.25) is 19.6 Å². The lowest BCUT2D eigenvalue weighted by Gasteiger charge is -2.09. The van der Waals surface area contributed by atoms with E-state index in [1.165, 1.54) is 0 Å². The summed E-state index contributed by atoms with van der Waals surface area (Å²) < 4.78 is 52.7. The summed E-state index contributed by atoms with van der Waals surface area (Å²) in [7, 11) is 0. The van der Waals surface area contributed by atoms with Crippen molar-refractivity contribution >= 4 is 28.3 Å². The molecule has 0 aliphatic heterocycles. The maximum absolute atomic E-state index is 14.3. The van der Waals surface area contributed by atoms with Gasteiger partial charge in [-0.1, -0.05) is 17.4 Å². The first-order chi connectivity index (χ1) is 18.6. The summed E-state index contributed by atoms with van der Waals surface area (Å²) in [6.45, 7) is -0.525. The van der Waals surface area contributed by atoms with E-state index in [4.69, 9.17) is 5.53 Å². The summed E-state index contributed by atoms with van der Waals surface area (Å²) in [5.74, 6) is -1.15. The molecule has 1 atom stereocenters. The lowest BCUT2D eigenvalue weighted by atomic mass is 10.2. The number of aromatic nitrogens is 4. The van der Waals surface area contributed by atoms with Crippen LogP contribution in [-0.2, 0) is 35.2 Å². The fraction of sp³-hybridized carbons (Fsp3) is 0.304.